The van der Waals surface area contributed by atoms with Crippen LogP contribution >= 0.6 is 0 Å². The third kappa shape index (κ3) is 5.89. The molecule has 2 aromatic carbocycles. The van der Waals surface area contributed by atoms with Crippen LogP contribution in [0, 0.1) is 12.7 Å². The Morgan fingerprint density at radius 2 is 1.84 bits per heavy atom. The molecule has 10 nitrogen and oxygen atoms in total. The fraction of sp³-hybridized carbons (Fsp3) is 0.192. The van der Waals surface area contributed by atoms with E-state index in [9.17, 15) is 18.8 Å². The molecule has 0 saturated heterocycles. The highest BCUT2D eigenvalue weighted by Gasteiger charge is 2.15. The second-order valence-electron chi connectivity index (χ2n) is 8.26. The van der Waals surface area contributed by atoms with Gasteiger partial charge >= 0.3 is 17.3 Å². The third-order valence-corrected chi connectivity index (χ3v) is 5.48. The van der Waals surface area contributed by atoms with Crippen molar-refractivity contribution in [3.63, 3.8) is 0 Å². The first-order valence-corrected chi connectivity index (χ1v) is 11.5. The number of carboxylic acid groups (broad SMARTS) is 1. The van der Waals surface area contributed by atoms with E-state index in [1.165, 1.54) is 35.0 Å². The second-order valence-corrected chi connectivity index (χ2v) is 8.26. The van der Waals surface area contributed by atoms with Crippen LogP contribution in [0.1, 0.15) is 34.8 Å². The number of rotatable bonds is 9. The molecular weight excluding hydrogens is 481 g/mol. The van der Waals surface area contributed by atoms with Crippen LogP contribution in [0.15, 0.2) is 70.4 Å². The highest BCUT2D eigenvalue weighted by atomic mass is 19.1. The zero-order valence-electron chi connectivity index (χ0n) is 20.1. The van der Waals surface area contributed by atoms with E-state index in [4.69, 9.17) is 9.84 Å². The lowest BCUT2D eigenvalue weighted by atomic mass is 10.2. The number of aryl methyl sites for hydroxylation is 1. The molecule has 37 heavy (non-hydrogen) atoms. The van der Waals surface area contributed by atoms with Crippen molar-refractivity contribution in [2.75, 3.05) is 5.32 Å². The first-order valence-electron chi connectivity index (χ1n) is 11.5. The first kappa shape index (κ1) is 25.3. The van der Waals surface area contributed by atoms with Crippen molar-refractivity contribution in [3.05, 3.63) is 104 Å². The minimum atomic E-state index is -1.09. The van der Waals surface area contributed by atoms with E-state index < -0.39 is 23.2 Å². The summed E-state index contributed by atoms with van der Waals surface area (Å²) in [5.41, 5.74) is 0.708. The van der Waals surface area contributed by atoms with Crippen molar-refractivity contribution >= 4 is 17.6 Å². The van der Waals surface area contributed by atoms with Gasteiger partial charge in [0, 0.05) is 24.5 Å². The van der Waals surface area contributed by atoms with Crippen LogP contribution in [-0.4, -0.2) is 30.2 Å². The molecule has 190 valence electrons. The third-order valence-electron chi connectivity index (χ3n) is 5.48. The van der Waals surface area contributed by atoms with Gasteiger partial charge in [-0.2, -0.15) is 4.98 Å². The Morgan fingerprint density at radius 1 is 1.08 bits per heavy atom. The first-order chi connectivity index (χ1) is 17.7. The lowest BCUT2D eigenvalue weighted by Gasteiger charge is -2.16. The van der Waals surface area contributed by atoms with E-state index in [0.717, 1.165) is 4.57 Å². The Hall–Kier alpha value is -4.80. The minimum Gasteiger partial charge on any atom is -0.478 e. The fourth-order valence-electron chi connectivity index (χ4n) is 3.64. The van der Waals surface area contributed by atoms with Crippen molar-refractivity contribution in [1.82, 2.24) is 19.1 Å². The summed E-state index contributed by atoms with van der Waals surface area (Å²) in [6.45, 7) is 3.92. The Kier molecular flexibility index (Phi) is 7.42. The van der Waals surface area contributed by atoms with Gasteiger partial charge in [-0.3, -0.25) is 4.57 Å². The number of ether oxygens (including phenoxy) is 1. The Bertz CT molecular complexity index is 1560. The normalized spacial score (nSPS) is 10.8. The molecule has 0 atom stereocenters. The topological polar surface area (TPSA) is 128 Å². The summed E-state index contributed by atoms with van der Waals surface area (Å²) in [5, 5.41) is 12.2. The predicted molar refractivity (Wildman–Crippen MR) is 134 cm³/mol. The van der Waals surface area contributed by atoms with Crippen molar-refractivity contribution in [2.45, 2.75) is 33.4 Å². The van der Waals surface area contributed by atoms with Crippen LogP contribution < -0.4 is 21.4 Å². The number of carbonyl (C=O) groups is 1. The molecule has 11 heteroatoms. The monoisotopic (exact) mass is 505 g/mol. The number of pyridine rings is 1. The molecule has 0 fully saturated rings. The Labute approximate surface area is 210 Å². The number of nitrogens with one attached hydrogen (secondary N) is 1. The average molecular weight is 506 g/mol. The van der Waals surface area contributed by atoms with Crippen molar-refractivity contribution in [3.8, 4) is 11.6 Å². The molecule has 0 aliphatic carbocycles. The van der Waals surface area contributed by atoms with Gasteiger partial charge in [0.25, 0.3) is 0 Å². The van der Waals surface area contributed by atoms with E-state index in [1.54, 1.807) is 37.3 Å². The molecule has 4 aromatic rings. The van der Waals surface area contributed by atoms with Gasteiger partial charge < -0.3 is 15.2 Å². The fourth-order valence-corrected chi connectivity index (χ4v) is 3.64. The van der Waals surface area contributed by atoms with Gasteiger partial charge in [0.2, 0.25) is 11.8 Å². The van der Waals surface area contributed by atoms with Crippen LogP contribution in [0.25, 0.3) is 0 Å². The maximum absolute atomic E-state index is 13.4. The predicted octanol–water partition coefficient (Wildman–Crippen LogP) is 3.94. The average Bonchev–Trinajstić information content (AvgIpc) is 2.87. The molecule has 2 heterocycles. The van der Waals surface area contributed by atoms with Gasteiger partial charge in [0.15, 0.2) is 0 Å². The van der Waals surface area contributed by atoms with Crippen molar-refractivity contribution < 1.29 is 19.0 Å². The molecule has 0 radical (unpaired) electrons. The second kappa shape index (κ2) is 10.9. The van der Waals surface area contributed by atoms with E-state index >= 15 is 0 Å². The van der Waals surface area contributed by atoms with Crippen LogP contribution in [0.3, 0.4) is 0 Å². The highest BCUT2D eigenvalue weighted by Crippen LogP contribution is 2.27. The molecular formula is C26H24FN5O5. The molecule has 0 spiro atoms. The van der Waals surface area contributed by atoms with Gasteiger partial charge in [0.05, 0.1) is 12.1 Å². The van der Waals surface area contributed by atoms with Gasteiger partial charge in [-0.1, -0.05) is 19.1 Å². The zero-order chi connectivity index (χ0) is 26.5. The van der Waals surface area contributed by atoms with Crippen LogP contribution in [0.5, 0.6) is 11.6 Å². The zero-order valence-corrected chi connectivity index (χ0v) is 20.1. The van der Waals surface area contributed by atoms with Crippen LogP contribution in [0.2, 0.25) is 0 Å². The molecule has 4 rings (SSSR count). The standard InChI is InChI=1S/C26H24FN5O5/c1-3-12-31-25(35)30-24(32(26(31)36)15-17-4-6-19(27)7-5-17)29-20-8-9-21(16(2)13-20)37-22-14-18(23(33)34)10-11-28-22/h4-11,13-14H,3,12,15H2,1-2H3,(H,33,34)(H,29,30,35). The number of nitrogens with zero attached hydrogens (tertiary/aromatic N) is 4. The van der Waals surface area contributed by atoms with Crippen LogP contribution in [0.4, 0.5) is 16.0 Å². The number of anilines is 2. The summed E-state index contributed by atoms with van der Waals surface area (Å²) in [4.78, 5) is 45.1. The summed E-state index contributed by atoms with van der Waals surface area (Å²) in [7, 11) is 0. The largest absolute Gasteiger partial charge is 0.478 e. The van der Waals surface area contributed by atoms with Gasteiger partial charge in [0.1, 0.15) is 11.6 Å². The summed E-state index contributed by atoms with van der Waals surface area (Å²) < 4.78 is 21.5. The summed E-state index contributed by atoms with van der Waals surface area (Å²) in [6.07, 6.45) is 1.92. The summed E-state index contributed by atoms with van der Waals surface area (Å²) in [6, 6.07) is 13.4. The molecule has 2 aromatic heterocycles. The van der Waals surface area contributed by atoms with E-state index in [-0.39, 0.29) is 30.5 Å². The highest BCUT2D eigenvalue weighted by molar-refractivity contribution is 5.87. The van der Waals surface area contributed by atoms with Gasteiger partial charge in [-0.15, -0.1) is 0 Å². The van der Waals surface area contributed by atoms with Gasteiger partial charge in [-0.05, 0) is 60.9 Å². The maximum atomic E-state index is 13.4. The molecule has 0 unspecified atom stereocenters. The van der Waals surface area contributed by atoms with Crippen LogP contribution in [-0.2, 0) is 13.1 Å². The molecule has 0 saturated carbocycles. The van der Waals surface area contributed by atoms with E-state index in [2.05, 4.69) is 15.3 Å². The smallest absolute Gasteiger partial charge is 0.354 e. The molecule has 0 aliphatic rings. The SMILES string of the molecule is CCCn1c(=O)nc(Nc2ccc(Oc3cc(C(=O)O)ccn3)c(C)c2)n(Cc2ccc(F)cc2)c1=O. The van der Waals surface area contributed by atoms with E-state index in [1.807, 2.05) is 6.92 Å². The lowest BCUT2D eigenvalue weighted by molar-refractivity contribution is 0.0696. The molecule has 0 amide bonds. The Morgan fingerprint density at radius 3 is 2.51 bits per heavy atom. The van der Waals surface area contributed by atoms with E-state index in [0.29, 0.717) is 29.0 Å². The molecule has 0 aliphatic heterocycles. The summed E-state index contributed by atoms with van der Waals surface area (Å²) in [5.74, 6) is -0.890. The quantitative estimate of drug-likeness (QED) is 0.350. The molecule has 0 bridgehead atoms. The van der Waals surface area contributed by atoms with Gasteiger partial charge in [-0.25, -0.2) is 28.3 Å². The number of halogens is 1. The van der Waals surface area contributed by atoms with Crippen molar-refractivity contribution in [2.24, 2.45) is 0 Å². The number of hydrogen-bond donors (Lipinski definition) is 2. The molecule has 2 N–H and O–H groups in total. The van der Waals surface area contributed by atoms with Crippen molar-refractivity contribution in [1.29, 1.82) is 0 Å². The minimum absolute atomic E-state index is 0.0376. The summed E-state index contributed by atoms with van der Waals surface area (Å²) >= 11 is 0. The number of hydrogen-bond acceptors (Lipinski definition) is 7. The maximum Gasteiger partial charge on any atom is 0.354 e. The Balaban J connectivity index is 1.65. The number of aromatic carboxylic acids is 1. The lowest BCUT2D eigenvalue weighted by Crippen LogP contribution is -2.42. The number of aromatic nitrogens is 4. The number of carboxylic acids is 1. The number of benzene rings is 2.